The second kappa shape index (κ2) is 5.83. The van der Waals surface area contributed by atoms with Gasteiger partial charge in [0.2, 0.25) is 0 Å². The van der Waals surface area contributed by atoms with Crippen molar-refractivity contribution in [1.82, 2.24) is 4.90 Å². The molecule has 0 bridgehead atoms. The molecule has 2 aromatic rings. The molecule has 0 spiro atoms. The van der Waals surface area contributed by atoms with Crippen LogP contribution in [0.5, 0.6) is 0 Å². The molecule has 3 heteroatoms. The number of aliphatic imine (C=N–C) groups is 1. The van der Waals surface area contributed by atoms with Gasteiger partial charge in [0.05, 0.1) is 12.6 Å². The first-order chi connectivity index (χ1) is 10.3. The molecule has 0 radical (unpaired) electrons. The molecule has 3 nitrogen and oxygen atoms in total. The summed E-state index contributed by atoms with van der Waals surface area (Å²) in [6.45, 7) is 5.22. The third kappa shape index (κ3) is 2.68. The normalized spacial score (nSPS) is 17.6. The highest BCUT2D eigenvalue weighted by Gasteiger charge is 2.26. The highest BCUT2D eigenvalue weighted by molar-refractivity contribution is 5.80. The lowest BCUT2D eigenvalue weighted by molar-refractivity contribution is 0.380. The van der Waals surface area contributed by atoms with Crippen LogP contribution in [0, 0.1) is 0 Å². The second-order valence-corrected chi connectivity index (χ2v) is 5.14. The zero-order valence-electron chi connectivity index (χ0n) is 11.9. The Morgan fingerprint density at radius 2 is 1.76 bits per heavy atom. The van der Waals surface area contributed by atoms with Crippen molar-refractivity contribution in [2.45, 2.75) is 6.04 Å². The highest BCUT2D eigenvalue weighted by Crippen LogP contribution is 2.27. The van der Waals surface area contributed by atoms with Crippen LogP contribution >= 0.6 is 0 Å². The van der Waals surface area contributed by atoms with E-state index in [9.17, 15) is 0 Å². The van der Waals surface area contributed by atoms with E-state index in [0.29, 0.717) is 12.5 Å². The van der Waals surface area contributed by atoms with Crippen LogP contribution in [0.2, 0.25) is 0 Å². The molecule has 3 rings (SSSR count). The summed E-state index contributed by atoms with van der Waals surface area (Å²) in [4.78, 5) is 6.43. The van der Waals surface area contributed by atoms with Gasteiger partial charge >= 0.3 is 0 Å². The zero-order valence-corrected chi connectivity index (χ0v) is 11.9. The lowest BCUT2D eigenvalue weighted by atomic mass is 10.0. The molecule has 2 aromatic carbocycles. The van der Waals surface area contributed by atoms with E-state index >= 15 is 0 Å². The maximum atomic E-state index is 5.94. The van der Waals surface area contributed by atoms with Gasteiger partial charge in [-0.3, -0.25) is 4.99 Å². The number of benzene rings is 2. The van der Waals surface area contributed by atoms with Crippen molar-refractivity contribution in [2.75, 3.05) is 13.1 Å². The Bertz CT molecular complexity index is 644. The van der Waals surface area contributed by atoms with Crippen LogP contribution < -0.4 is 5.73 Å². The third-order valence-electron chi connectivity index (χ3n) is 3.83. The number of hydrogen-bond acceptors (Lipinski definition) is 3. The van der Waals surface area contributed by atoms with Crippen LogP contribution in [0.25, 0.3) is 11.1 Å². The fraction of sp³-hybridized carbons (Fsp3) is 0.167. The van der Waals surface area contributed by atoms with E-state index in [2.05, 4.69) is 65.0 Å². The molecule has 21 heavy (non-hydrogen) atoms. The van der Waals surface area contributed by atoms with Crippen LogP contribution in [-0.4, -0.2) is 23.9 Å². The van der Waals surface area contributed by atoms with Crippen molar-refractivity contribution in [3.8, 4) is 11.1 Å². The van der Waals surface area contributed by atoms with E-state index in [1.807, 2.05) is 12.1 Å². The van der Waals surface area contributed by atoms with Gasteiger partial charge in [-0.25, -0.2) is 0 Å². The Kier molecular flexibility index (Phi) is 3.73. The average Bonchev–Trinajstić information content (AvgIpc) is 2.90. The summed E-state index contributed by atoms with van der Waals surface area (Å²) in [7, 11) is 0. The van der Waals surface area contributed by atoms with Crippen molar-refractivity contribution < 1.29 is 0 Å². The Labute approximate surface area is 125 Å². The number of nitrogens with two attached hydrogens (primary N) is 1. The van der Waals surface area contributed by atoms with Crippen LogP contribution in [0.3, 0.4) is 0 Å². The Morgan fingerprint density at radius 3 is 2.43 bits per heavy atom. The number of guanidine groups is 1. The number of nitrogens with zero attached hydrogens (tertiary/aromatic N) is 2. The first-order valence-corrected chi connectivity index (χ1v) is 7.12. The van der Waals surface area contributed by atoms with Gasteiger partial charge < -0.3 is 10.6 Å². The minimum Gasteiger partial charge on any atom is -0.370 e. The molecule has 1 aliphatic rings. The lowest BCUT2D eigenvalue weighted by Crippen LogP contribution is -2.36. The second-order valence-electron chi connectivity index (χ2n) is 5.14. The molecular weight excluding hydrogens is 258 g/mol. The van der Waals surface area contributed by atoms with Crippen molar-refractivity contribution >= 4 is 5.96 Å². The van der Waals surface area contributed by atoms with Gasteiger partial charge in [-0.15, -0.1) is 6.58 Å². The molecule has 106 valence electrons. The highest BCUT2D eigenvalue weighted by atomic mass is 15.3. The van der Waals surface area contributed by atoms with E-state index in [1.54, 1.807) is 0 Å². The van der Waals surface area contributed by atoms with Crippen molar-refractivity contribution in [3.05, 3.63) is 72.8 Å². The summed E-state index contributed by atoms with van der Waals surface area (Å²) in [6, 6.07) is 19.2. The van der Waals surface area contributed by atoms with Crippen LogP contribution in [0.4, 0.5) is 0 Å². The summed E-state index contributed by atoms with van der Waals surface area (Å²) in [5.74, 6) is 0.604. The van der Waals surface area contributed by atoms with E-state index in [1.165, 1.54) is 16.7 Å². The first kappa shape index (κ1) is 13.4. The summed E-state index contributed by atoms with van der Waals surface area (Å²) in [5, 5.41) is 0. The van der Waals surface area contributed by atoms with E-state index in [4.69, 9.17) is 5.73 Å². The van der Waals surface area contributed by atoms with Gasteiger partial charge in [-0.1, -0.05) is 60.7 Å². The van der Waals surface area contributed by atoms with Gasteiger partial charge in [0.25, 0.3) is 0 Å². The smallest absolute Gasteiger partial charge is 0.192 e. The molecule has 0 aliphatic carbocycles. The van der Waals surface area contributed by atoms with Gasteiger partial charge in [0.15, 0.2) is 5.96 Å². The molecule has 0 fully saturated rings. The molecule has 1 atom stereocenters. The Hall–Kier alpha value is -2.55. The molecule has 1 unspecified atom stereocenters. The van der Waals surface area contributed by atoms with Gasteiger partial charge in [0.1, 0.15) is 0 Å². The van der Waals surface area contributed by atoms with Gasteiger partial charge in [-0.2, -0.15) is 0 Å². The maximum Gasteiger partial charge on any atom is 0.192 e. The van der Waals surface area contributed by atoms with E-state index in [-0.39, 0.29) is 6.04 Å². The monoisotopic (exact) mass is 277 g/mol. The summed E-state index contributed by atoms with van der Waals surface area (Å²) >= 11 is 0. The molecular formula is C18H19N3. The number of rotatable bonds is 4. The molecule has 0 amide bonds. The standard InChI is InChI=1S/C18H19N3/c1-2-12-21-17(13-20-18(21)19)16-10-8-15(9-11-16)14-6-4-3-5-7-14/h2-11,17H,1,12-13H2,(H2,19,20). The predicted molar refractivity (Wildman–Crippen MR) is 88.0 cm³/mol. The quantitative estimate of drug-likeness (QED) is 0.872. The minimum absolute atomic E-state index is 0.216. The number of hydrogen-bond donors (Lipinski definition) is 1. The molecule has 0 saturated carbocycles. The zero-order chi connectivity index (χ0) is 14.7. The summed E-state index contributed by atoms with van der Waals surface area (Å²) in [6.07, 6.45) is 1.86. The summed E-state index contributed by atoms with van der Waals surface area (Å²) in [5.41, 5.74) is 9.63. The van der Waals surface area contributed by atoms with Crippen LogP contribution in [-0.2, 0) is 0 Å². The van der Waals surface area contributed by atoms with E-state index in [0.717, 1.165) is 6.54 Å². The summed E-state index contributed by atoms with van der Waals surface area (Å²) < 4.78 is 0. The van der Waals surface area contributed by atoms with Crippen molar-refractivity contribution in [3.63, 3.8) is 0 Å². The van der Waals surface area contributed by atoms with Crippen molar-refractivity contribution in [2.24, 2.45) is 10.7 Å². The SMILES string of the molecule is C=CCN1C(N)=NCC1c1ccc(-c2ccccc2)cc1. The maximum absolute atomic E-state index is 5.94. The topological polar surface area (TPSA) is 41.6 Å². The molecule has 0 aromatic heterocycles. The third-order valence-corrected chi connectivity index (χ3v) is 3.83. The molecule has 0 saturated heterocycles. The largest absolute Gasteiger partial charge is 0.370 e. The average molecular weight is 277 g/mol. The van der Waals surface area contributed by atoms with Gasteiger partial charge in [-0.05, 0) is 16.7 Å². The molecule has 1 heterocycles. The van der Waals surface area contributed by atoms with Crippen LogP contribution in [0.15, 0.2) is 72.2 Å². The molecule has 2 N–H and O–H groups in total. The minimum atomic E-state index is 0.216. The van der Waals surface area contributed by atoms with Crippen LogP contribution in [0.1, 0.15) is 11.6 Å². The van der Waals surface area contributed by atoms with E-state index < -0.39 is 0 Å². The predicted octanol–water partition coefficient (Wildman–Crippen LogP) is 3.21. The van der Waals surface area contributed by atoms with Gasteiger partial charge in [0, 0.05) is 6.54 Å². The fourth-order valence-electron chi connectivity index (χ4n) is 2.70. The Morgan fingerprint density at radius 1 is 1.10 bits per heavy atom. The fourth-order valence-corrected chi connectivity index (χ4v) is 2.70. The first-order valence-electron chi connectivity index (χ1n) is 7.12. The lowest BCUT2D eigenvalue weighted by Gasteiger charge is -2.25. The van der Waals surface area contributed by atoms with Crippen molar-refractivity contribution in [1.29, 1.82) is 0 Å². The Balaban J connectivity index is 1.83. The molecule has 1 aliphatic heterocycles.